The lowest BCUT2D eigenvalue weighted by Gasteiger charge is -2.32. The lowest BCUT2D eigenvalue weighted by atomic mass is 9.78. The molecule has 0 aromatic heterocycles. The van der Waals surface area contributed by atoms with Gasteiger partial charge in [-0.2, -0.15) is 0 Å². The normalized spacial score (nSPS) is 18.4. The number of benzene rings is 3. The van der Waals surface area contributed by atoms with Gasteiger partial charge in [-0.15, -0.1) is 11.8 Å². The van der Waals surface area contributed by atoms with Crippen LogP contribution in [0.5, 0.6) is 5.75 Å². The predicted octanol–water partition coefficient (Wildman–Crippen LogP) is 6.45. The molecule has 5 rings (SSSR count). The fraction of sp³-hybridized carbons (Fsp3) is 0.286. The Kier molecular flexibility index (Phi) is 5.87. The van der Waals surface area contributed by atoms with Crippen LogP contribution in [-0.4, -0.2) is 31.2 Å². The van der Waals surface area contributed by atoms with Crippen LogP contribution in [0, 0.1) is 5.82 Å². The number of halogens is 1. The van der Waals surface area contributed by atoms with E-state index in [0.717, 1.165) is 22.3 Å². The molecule has 174 valence electrons. The van der Waals surface area contributed by atoms with Crippen LogP contribution in [0.3, 0.4) is 0 Å². The fourth-order valence-corrected chi connectivity index (χ4v) is 5.21. The highest BCUT2D eigenvalue weighted by atomic mass is 32.2. The predicted molar refractivity (Wildman–Crippen MR) is 139 cm³/mol. The van der Waals surface area contributed by atoms with Gasteiger partial charge in [0, 0.05) is 16.2 Å². The summed E-state index contributed by atoms with van der Waals surface area (Å²) >= 11 is 1.82. The number of methoxy groups -OCH3 is 1. The first-order valence-electron chi connectivity index (χ1n) is 11.4. The molecule has 0 N–H and O–H groups in total. The van der Waals surface area contributed by atoms with Gasteiger partial charge in [-0.3, -0.25) is 0 Å². The van der Waals surface area contributed by atoms with E-state index in [1.165, 1.54) is 22.1 Å². The zero-order chi connectivity index (χ0) is 24.1. The zero-order valence-electron chi connectivity index (χ0n) is 20.1. The van der Waals surface area contributed by atoms with Gasteiger partial charge in [0.1, 0.15) is 11.6 Å². The van der Waals surface area contributed by atoms with Crippen LogP contribution in [-0.2, 0) is 9.31 Å². The minimum atomic E-state index is -0.379. The van der Waals surface area contributed by atoms with Gasteiger partial charge in [0.2, 0.25) is 0 Å². The topological polar surface area (TPSA) is 27.7 Å². The molecule has 0 saturated carbocycles. The van der Waals surface area contributed by atoms with E-state index in [9.17, 15) is 4.39 Å². The fourth-order valence-electron chi connectivity index (χ4n) is 4.20. The molecule has 3 aromatic rings. The summed E-state index contributed by atoms with van der Waals surface area (Å²) in [7, 11) is 1.21. The summed E-state index contributed by atoms with van der Waals surface area (Å²) in [5, 5.41) is 0. The minimum Gasteiger partial charge on any atom is -0.497 e. The quantitative estimate of drug-likeness (QED) is 0.407. The maximum absolute atomic E-state index is 14.4. The molecule has 0 bridgehead atoms. The lowest BCUT2D eigenvalue weighted by molar-refractivity contribution is 0.00578. The van der Waals surface area contributed by atoms with Crippen LogP contribution in [0.2, 0.25) is 0 Å². The Bertz CT molecular complexity index is 1250. The third kappa shape index (κ3) is 4.19. The molecular weight excluding hydrogens is 446 g/mol. The van der Waals surface area contributed by atoms with Crippen molar-refractivity contribution < 1.29 is 18.4 Å². The first kappa shape index (κ1) is 23.2. The van der Waals surface area contributed by atoms with Crippen molar-refractivity contribution in [3.8, 4) is 16.9 Å². The molecule has 2 aliphatic heterocycles. The summed E-state index contributed by atoms with van der Waals surface area (Å²) < 4.78 is 32.1. The number of thioether (sulfide) groups is 1. The second kappa shape index (κ2) is 8.60. The molecule has 0 spiro atoms. The molecule has 0 unspecified atom stereocenters. The monoisotopic (exact) mass is 474 g/mol. The van der Waals surface area contributed by atoms with Crippen LogP contribution in [0.25, 0.3) is 22.8 Å². The molecule has 0 aliphatic carbocycles. The van der Waals surface area contributed by atoms with Crippen LogP contribution in [0.15, 0.2) is 65.6 Å². The Morgan fingerprint density at radius 1 is 0.882 bits per heavy atom. The van der Waals surface area contributed by atoms with Gasteiger partial charge in [0.15, 0.2) is 0 Å². The van der Waals surface area contributed by atoms with Gasteiger partial charge in [0.05, 0.1) is 18.3 Å². The van der Waals surface area contributed by atoms with Crippen molar-refractivity contribution in [2.75, 3.05) is 12.9 Å². The molecule has 3 aromatic carbocycles. The van der Waals surface area contributed by atoms with Gasteiger partial charge < -0.3 is 14.0 Å². The van der Waals surface area contributed by atoms with Crippen molar-refractivity contribution in [1.82, 2.24) is 0 Å². The Morgan fingerprint density at radius 3 is 2.24 bits per heavy atom. The average molecular weight is 474 g/mol. The maximum Gasteiger partial charge on any atom is 0.494 e. The molecule has 1 fully saturated rings. The summed E-state index contributed by atoms with van der Waals surface area (Å²) in [5.74, 6) is 1.27. The van der Waals surface area contributed by atoms with E-state index in [1.54, 1.807) is 19.2 Å². The van der Waals surface area contributed by atoms with E-state index < -0.39 is 0 Å². The van der Waals surface area contributed by atoms with E-state index in [1.807, 2.05) is 23.9 Å². The molecule has 3 nitrogen and oxygen atoms in total. The van der Waals surface area contributed by atoms with E-state index >= 15 is 0 Å². The van der Waals surface area contributed by atoms with Crippen molar-refractivity contribution >= 4 is 36.0 Å². The van der Waals surface area contributed by atoms with Gasteiger partial charge >= 0.3 is 7.12 Å². The Hall–Kier alpha value is -2.54. The molecule has 34 heavy (non-hydrogen) atoms. The second-order valence-electron chi connectivity index (χ2n) is 9.77. The highest BCUT2D eigenvalue weighted by Gasteiger charge is 2.51. The number of fused-ring (bicyclic) bond motifs is 1. The molecule has 2 heterocycles. The molecule has 2 aliphatic rings. The van der Waals surface area contributed by atoms with Gasteiger partial charge in [-0.25, -0.2) is 4.39 Å². The lowest BCUT2D eigenvalue weighted by Crippen LogP contribution is -2.41. The summed E-state index contributed by atoms with van der Waals surface area (Å²) in [4.78, 5) is 1.25. The largest absolute Gasteiger partial charge is 0.497 e. The second-order valence-corrected chi connectivity index (χ2v) is 10.8. The molecule has 0 amide bonds. The summed E-state index contributed by atoms with van der Waals surface area (Å²) in [6.45, 7) is 8.28. The third-order valence-corrected chi connectivity index (χ3v) is 8.15. The van der Waals surface area contributed by atoms with Gasteiger partial charge in [-0.1, -0.05) is 36.4 Å². The van der Waals surface area contributed by atoms with Crippen molar-refractivity contribution in [1.29, 1.82) is 0 Å². The zero-order valence-corrected chi connectivity index (χ0v) is 21.0. The SMILES string of the molecule is COc1ccc(F)c(-c2ccc(C3=Cc4cc(B5OC(C)(C)C(C)(C)O5)ccc4SC3)cc2)c1. The smallest absolute Gasteiger partial charge is 0.494 e. The van der Waals surface area contributed by atoms with E-state index in [-0.39, 0.29) is 24.1 Å². The first-order chi connectivity index (χ1) is 16.2. The molecule has 1 saturated heterocycles. The number of hydrogen-bond donors (Lipinski definition) is 0. The van der Waals surface area contributed by atoms with Crippen LogP contribution >= 0.6 is 11.8 Å². The third-order valence-electron chi connectivity index (χ3n) is 7.01. The van der Waals surface area contributed by atoms with E-state index in [2.05, 4.69) is 64.1 Å². The Balaban J connectivity index is 1.42. The maximum atomic E-state index is 14.4. The number of ether oxygens (including phenoxy) is 1. The molecule has 0 atom stereocenters. The summed E-state index contributed by atoms with van der Waals surface area (Å²) in [5.41, 5.74) is 5.19. The average Bonchev–Trinajstić information content (AvgIpc) is 3.05. The molecule has 6 heteroatoms. The summed E-state index contributed by atoms with van der Waals surface area (Å²) in [6, 6.07) is 19.3. The summed E-state index contributed by atoms with van der Waals surface area (Å²) in [6.07, 6.45) is 2.24. The highest BCUT2D eigenvalue weighted by Crippen LogP contribution is 2.39. The molecular formula is C28H28BFO3S. The van der Waals surface area contributed by atoms with Gasteiger partial charge in [0.25, 0.3) is 0 Å². The highest BCUT2D eigenvalue weighted by molar-refractivity contribution is 7.99. The van der Waals surface area contributed by atoms with E-state index in [4.69, 9.17) is 14.0 Å². The van der Waals surface area contributed by atoms with Crippen LogP contribution in [0.1, 0.15) is 38.8 Å². The van der Waals surface area contributed by atoms with E-state index in [0.29, 0.717) is 11.3 Å². The minimum absolute atomic E-state index is 0.259. The molecule has 0 radical (unpaired) electrons. The number of hydrogen-bond acceptors (Lipinski definition) is 4. The number of rotatable bonds is 4. The van der Waals surface area contributed by atoms with Gasteiger partial charge in [-0.05, 0) is 85.8 Å². The van der Waals surface area contributed by atoms with Crippen molar-refractivity contribution in [2.24, 2.45) is 0 Å². The van der Waals surface area contributed by atoms with Crippen LogP contribution in [0.4, 0.5) is 4.39 Å². The Labute approximate surface area is 205 Å². The Morgan fingerprint density at radius 2 is 1.56 bits per heavy atom. The van der Waals surface area contributed by atoms with Crippen molar-refractivity contribution in [3.05, 3.63) is 77.6 Å². The van der Waals surface area contributed by atoms with Crippen molar-refractivity contribution in [2.45, 2.75) is 43.8 Å². The standard InChI is InChI=1S/C28H28BFO3S/c1-27(2)28(3,4)33-29(32-27)22-10-13-26-20(15-22)14-21(17-34-26)18-6-8-19(9-7-18)24-16-23(31-5)11-12-25(24)30/h6-16H,17H2,1-5H3. The first-order valence-corrected chi connectivity index (χ1v) is 12.4. The van der Waals surface area contributed by atoms with Crippen molar-refractivity contribution in [3.63, 3.8) is 0 Å². The van der Waals surface area contributed by atoms with Crippen LogP contribution < -0.4 is 10.2 Å².